The second-order valence-corrected chi connectivity index (χ2v) is 14.7. The van der Waals surface area contributed by atoms with Crippen molar-refractivity contribution in [3.63, 3.8) is 0 Å². The minimum atomic E-state index is -0.341. The lowest BCUT2D eigenvalue weighted by molar-refractivity contribution is -0.131. The molecule has 0 amide bonds. The van der Waals surface area contributed by atoms with Crippen molar-refractivity contribution in [3.8, 4) is 0 Å². The molecule has 0 radical (unpaired) electrons. The minimum absolute atomic E-state index is 0.00178. The van der Waals surface area contributed by atoms with Gasteiger partial charge in [-0.3, -0.25) is 0 Å². The molecule has 1 unspecified atom stereocenters. The maximum atomic E-state index is 10.9. The molecule has 1 saturated heterocycles. The van der Waals surface area contributed by atoms with Crippen LogP contribution >= 0.6 is 0 Å². The van der Waals surface area contributed by atoms with Crippen molar-refractivity contribution in [1.82, 2.24) is 0 Å². The van der Waals surface area contributed by atoms with Gasteiger partial charge in [0, 0.05) is 0 Å². The Morgan fingerprint density at radius 3 is 2.30 bits per heavy atom. The van der Waals surface area contributed by atoms with Crippen LogP contribution in [0.1, 0.15) is 107 Å². The van der Waals surface area contributed by atoms with Gasteiger partial charge >= 0.3 is 0 Å². The van der Waals surface area contributed by atoms with Gasteiger partial charge in [0.2, 0.25) is 0 Å². The fourth-order valence-corrected chi connectivity index (χ4v) is 10.2. The van der Waals surface area contributed by atoms with Gasteiger partial charge in [0.15, 0.2) is 0 Å². The van der Waals surface area contributed by atoms with Crippen LogP contribution in [0.4, 0.5) is 0 Å². The van der Waals surface area contributed by atoms with Crippen LogP contribution in [-0.2, 0) is 4.74 Å². The van der Waals surface area contributed by atoms with Crippen LogP contribution in [0.3, 0.4) is 0 Å². The summed E-state index contributed by atoms with van der Waals surface area (Å²) in [5, 5.41) is 21.7. The zero-order valence-corrected chi connectivity index (χ0v) is 22.6. The van der Waals surface area contributed by atoms with Gasteiger partial charge in [-0.05, 0) is 111 Å². The summed E-state index contributed by atoms with van der Waals surface area (Å²) in [5.74, 6) is 2.42. The van der Waals surface area contributed by atoms with E-state index in [1.165, 1.54) is 32.1 Å². The topological polar surface area (TPSA) is 53.0 Å². The zero-order valence-electron chi connectivity index (χ0n) is 22.6. The van der Waals surface area contributed by atoms with Gasteiger partial charge in [-0.25, -0.2) is 0 Å². The minimum Gasteiger partial charge on any atom is -0.393 e. The lowest BCUT2D eigenvalue weighted by Gasteiger charge is -2.64. The molecule has 1 aliphatic heterocycles. The van der Waals surface area contributed by atoms with E-state index in [2.05, 4.69) is 61.5 Å². The fraction of sp³-hybridized carbons (Fsp3) is 0.933. The number of epoxide rings is 1. The number of hydrogen-bond donors (Lipinski definition) is 2. The Morgan fingerprint density at radius 1 is 1.00 bits per heavy atom. The first-order chi connectivity index (χ1) is 15.2. The summed E-state index contributed by atoms with van der Waals surface area (Å²) in [7, 11) is 0. The van der Waals surface area contributed by atoms with Crippen molar-refractivity contribution >= 4 is 0 Å². The predicted molar refractivity (Wildman–Crippen MR) is 134 cm³/mol. The molecule has 0 aromatic carbocycles. The van der Waals surface area contributed by atoms with E-state index in [4.69, 9.17) is 4.74 Å². The van der Waals surface area contributed by atoms with Crippen LogP contribution in [0.5, 0.6) is 0 Å². The van der Waals surface area contributed by atoms with E-state index < -0.39 is 0 Å². The van der Waals surface area contributed by atoms with Crippen molar-refractivity contribution in [2.24, 2.45) is 45.3 Å². The van der Waals surface area contributed by atoms with Gasteiger partial charge in [0.05, 0.1) is 17.8 Å². The van der Waals surface area contributed by atoms with Crippen LogP contribution in [0, 0.1) is 45.3 Å². The number of aliphatic hydroxyl groups is 2. The van der Waals surface area contributed by atoms with Gasteiger partial charge in [-0.1, -0.05) is 53.2 Å². The van der Waals surface area contributed by atoms with Crippen molar-refractivity contribution in [1.29, 1.82) is 0 Å². The maximum absolute atomic E-state index is 10.9. The molecule has 0 bridgehead atoms. The molecular formula is C30H50O3. The number of fused-ring (bicyclic) bond motifs is 5. The third kappa shape index (κ3) is 3.23. The van der Waals surface area contributed by atoms with E-state index in [0.717, 1.165) is 19.3 Å². The molecule has 4 aliphatic carbocycles. The van der Waals surface area contributed by atoms with Crippen LogP contribution < -0.4 is 0 Å². The number of aliphatic hydroxyl groups excluding tert-OH is 2. The highest BCUT2D eigenvalue weighted by atomic mass is 16.6. The van der Waals surface area contributed by atoms with Crippen molar-refractivity contribution in [2.45, 2.75) is 131 Å². The van der Waals surface area contributed by atoms with Gasteiger partial charge in [-0.15, -0.1) is 0 Å². The summed E-state index contributed by atoms with van der Waals surface area (Å²) in [5.41, 5.74) is 2.50. The molecule has 0 aromatic rings. The lowest BCUT2D eigenvalue weighted by atomic mass is 9.41. The van der Waals surface area contributed by atoms with Crippen LogP contribution in [-0.4, -0.2) is 34.1 Å². The van der Waals surface area contributed by atoms with Crippen molar-refractivity contribution in [3.05, 3.63) is 11.6 Å². The highest BCUT2D eigenvalue weighted by Gasteiger charge is 2.65. The summed E-state index contributed by atoms with van der Waals surface area (Å²) in [6, 6.07) is 0. The molecule has 4 fully saturated rings. The van der Waals surface area contributed by atoms with Gasteiger partial charge in [0.25, 0.3) is 0 Å². The standard InChI is InChI=1S/C30H50O3/c1-18(17-22(31)25-27(4,5)33-25)19-11-15-30(8)21-9-10-23-26(2,3)24(32)13-14-28(23,6)20(21)12-16-29(19,30)7/h9,18-20,22-25,31-32H,10-17H2,1-8H3/t18-,19+,20-,22+,23?,24-,25-,28+,29-,30+/m0/s1. The van der Waals surface area contributed by atoms with E-state index in [1.54, 1.807) is 5.57 Å². The van der Waals surface area contributed by atoms with Crippen molar-refractivity contribution < 1.29 is 14.9 Å². The first-order valence-electron chi connectivity index (χ1n) is 13.9. The zero-order chi connectivity index (χ0) is 24.2. The third-order valence-electron chi connectivity index (χ3n) is 12.6. The molecule has 3 nitrogen and oxygen atoms in total. The van der Waals surface area contributed by atoms with E-state index in [-0.39, 0.29) is 34.7 Å². The molecule has 10 atom stereocenters. The first kappa shape index (κ1) is 24.3. The van der Waals surface area contributed by atoms with E-state index >= 15 is 0 Å². The third-order valence-corrected chi connectivity index (χ3v) is 12.6. The first-order valence-corrected chi connectivity index (χ1v) is 13.9. The molecule has 2 N–H and O–H groups in total. The average molecular weight is 459 g/mol. The number of allylic oxidation sites excluding steroid dienone is 2. The monoisotopic (exact) mass is 458 g/mol. The Kier molecular flexibility index (Phi) is 5.40. The summed E-state index contributed by atoms with van der Waals surface area (Å²) >= 11 is 0. The Morgan fingerprint density at radius 2 is 1.67 bits per heavy atom. The number of hydrogen-bond acceptors (Lipinski definition) is 3. The summed E-state index contributed by atoms with van der Waals surface area (Å²) < 4.78 is 5.76. The normalized spacial score (nSPS) is 51.6. The van der Waals surface area contributed by atoms with E-state index in [9.17, 15) is 10.2 Å². The van der Waals surface area contributed by atoms with Crippen LogP contribution in [0.2, 0.25) is 0 Å². The number of ether oxygens (including phenoxy) is 1. The second kappa shape index (κ2) is 7.32. The van der Waals surface area contributed by atoms with Crippen LogP contribution in [0.25, 0.3) is 0 Å². The Hall–Kier alpha value is -0.380. The Bertz CT molecular complexity index is 828. The van der Waals surface area contributed by atoms with E-state index in [0.29, 0.717) is 34.5 Å². The molecule has 3 saturated carbocycles. The summed E-state index contributed by atoms with van der Waals surface area (Å²) in [6.45, 7) is 19.0. The van der Waals surface area contributed by atoms with Crippen molar-refractivity contribution in [2.75, 3.05) is 0 Å². The largest absolute Gasteiger partial charge is 0.393 e. The fourth-order valence-electron chi connectivity index (χ4n) is 10.2. The lowest BCUT2D eigenvalue weighted by Crippen LogP contribution is -2.58. The molecule has 33 heavy (non-hydrogen) atoms. The average Bonchev–Trinajstić information content (AvgIpc) is 3.26. The molecule has 0 spiro atoms. The molecule has 1 heterocycles. The van der Waals surface area contributed by atoms with Gasteiger partial charge in [-0.2, -0.15) is 0 Å². The predicted octanol–water partition coefficient (Wildman–Crippen LogP) is 6.52. The van der Waals surface area contributed by atoms with E-state index in [1.807, 2.05) is 0 Å². The van der Waals surface area contributed by atoms with Gasteiger partial charge in [0.1, 0.15) is 6.10 Å². The molecule has 5 rings (SSSR count). The summed E-state index contributed by atoms with van der Waals surface area (Å²) in [4.78, 5) is 0. The highest BCUT2D eigenvalue weighted by Crippen LogP contribution is 2.73. The molecule has 0 aromatic heterocycles. The summed E-state index contributed by atoms with van der Waals surface area (Å²) in [6.07, 6.45) is 11.4. The molecule has 3 heteroatoms. The maximum Gasteiger partial charge on any atom is 0.113 e. The molecule has 5 aliphatic rings. The smallest absolute Gasteiger partial charge is 0.113 e. The Balaban J connectivity index is 1.40. The second-order valence-electron chi connectivity index (χ2n) is 14.7. The van der Waals surface area contributed by atoms with Crippen LogP contribution in [0.15, 0.2) is 11.6 Å². The highest BCUT2D eigenvalue weighted by molar-refractivity contribution is 5.33. The molecular weight excluding hydrogens is 408 g/mol. The Labute approximate surface area is 202 Å². The quantitative estimate of drug-likeness (QED) is 0.372. The molecule has 188 valence electrons. The number of rotatable bonds is 4. The SMILES string of the molecule is C[C@@H](C[C@@H](O)[C@@H]1OC1(C)C)[C@H]1CC[C@]2(C)C3=CCC4C(C)(C)[C@@H](O)CC[C@]4(C)[C@H]3CC[C@@]12C. The van der Waals surface area contributed by atoms with Gasteiger partial charge < -0.3 is 14.9 Å².